The van der Waals surface area contributed by atoms with E-state index in [9.17, 15) is 4.39 Å². The van der Waals surface area contributed by atoms with Gasteiger partial charge in [0, 0.05) is 33.1 Å². The molecule has 5 rings (SSSR count). The van der Waals surface area contributed by atoms with Gasteiger partial charge in [-0.15, -0.1) is 0 Å². The van der Waals surface area contributed by atoms with Crippen LogP contribution in [0.15, 0.2) is 71.3 Å². The molecule has 2 atom stereocenters. The second-order valence-corrected chi connectivity index (χ2v) is 8.37. The number of ether oxygens (including phenoxy) is 1. The van der Waals surface area contributed by atoms with Crippen molar-refractivity contribution in [2.24, 2.45) is 10.7 Å². The summed E-state index contributed by atoms with van der Waals surface area (Å²) in [6.45, 7) is -2.57. The van der Waals surface area contributed by atoms with E-state index >= 15 is 0 Å². The summed E-state index contributed by atoms with van der Waals surface area (Å²) in [5, 5.41) is 6.34. The molecule has 1 aliphatic carbocycles. The van der Waals surface area contributed by atoms with Gasteiger partial charge in [-0.25, -0.2) is 14.4 Å². The Hall–Kier alpha value is -3.36. The van der Waals surface area contributed by atoms with E-state index in [2.05, 4.69) is 20.6 Å². The van der Waals surface area contributed by atoms with E-state index in [0.717, 1.165) is 23.3 Å². The molecule has 1 aliphatic heterocycles. The smallest absolute Gasteiger partial charge is 0.213 e. The predicted molar refractivity (Wildman–Crippen MR) is 126 cm³/mol. The highest BCUT2D eigenvalue weighted by Gasteiger charge is 2.41. The summed E-state index contributed by atoms with van der Waals surface area (Å²) >= 11 is 5.98. The van der Waals surface area contributed by atoms with Crippen molar-refractivity contribution < 1.29 is 13.2 Å². The zero-order valence-electron chi connectivity index (χ0n) is 20.8. The fourth-order valence-corrected chi connectivity index (χ4v) is 4.67. The molecule has 2 heterocycles. The molecule has 0 amide bonds. The van der Waals surface area contributed by atoms with Gasteiger partial charge in [-0.05, 0) is 49.6 Å². The highest BCUT2D eigenvalue weighted by molar-refractivity contribution is 6.29. The van der Waals surface area contributed by atoms with Crippen molar-refractivity contribution in [2.45, 2.75) is 24.5 Å². The number of nitrogens with two attached hydrogens (primary N) is 1. The number of nitrogens with one attached hydrogen (secondary N) is 2. The van der Waals surface area contributed by atoms with E-state index in [1.54, 1.807) is 47.4 Å². The molecule has 0 spiro atoms. The number of benzene rings is 2. The molecule has 9 heteroatoms. The van der Waals surface area contributed by atoms with E-state index < -0.39 is 12.8 Å². The van der Waals surface area contributed by atoms with Crippen LogP contribution in [0.2, 0.25) is 5.15 Å². The van der Waals surface area contributed by atoms with E-state index in [0.29, 0.717) is 28.6 Å². The van der Waals surface area contributed by atoms with Crippen LogP contribution in [-0.2, 0) is 5.79 Å². The number of hydrogen-bond donors (Lipinski definition) is 3. The van der Waals surface area contributed by atoms with Crippen LogP contribution in [0, 0.1) is 5.82 Å². The van der Waals surface area contributed by atoms with E-state index in [1.807, 2.05) is 0 Å². The predicted octanol–water partition coefficient (Wildman–Crippen LogP) is 3.80. The van der Waals surface area contributed by atoms with Gasteiger partial charge in [-0.3, -0.25) is 5.32 Å². The summed E-state index contributed by atoms with van der Waals surface area (Å²) in [7, 11) is 1.51. The Labute approximate surface area is 200 Å². The summed E-state index contributed by atoms with van der Waals surface area (Å²) in [6.07, 6.45) is 4.57. The van der Waals surface area contributed by atoms with Gasteiger partial charge in [0.1, 0.15) is 28.9 Å². The van der Waals surface area contributed by atoms with Crippen LogP contribution >= 0.6 is 11.6 Å². The summed E-state index contributed by atoms with van der Waals surface area (Å²) in [5.74, 6) is -1.36. The molecule has 33 heavy (non-hydrogen) atoms. The first-order valence-corrected chi connectivity index (χ1v) is 10.8. The minimum atomic E-state index is -2.57. The van der Waals surface area contributed by atoms with Crippen LogP contribution in [-0.4, -0.2) is 29.5 Å². The second-order valence-electron chi connectivity index (χ2n) is 7.98. The number of rotatable bonds is 5. The lowest BCUT2D eigenvalue weighted by Crippen LogP contribution is -2.54. The van der Waals surface area contributed by atoms with Gasteiger partial charge in [-0.1, -0.05) is 29.8 Å². The maximum atomic E-state index is 13.6. The van der Waals surface area contributed by atoms with E-state index in [-0.39, 0.29) is 17.6 Å². The molecule has 2 aromatic carbocycles. The summed E-state index contributed by atoms with van der Waals surface area (Å²) in [6, 6.07) is 11.5. The maximum Gasteiger partial charge on any atom is 0.213 e. The van der Waals surface area contributed by atoms with Gasteiger partial charge in [0.15, 0.2) is 0 Å². The molecule has 7 nitrogen and oxygen atoms in total. The molecule has 3 aromatic rings. The molecule has 2 aliphatic rings. The lowest BCUT2D eigenvalue weighted by atomic mass is 9.94. The van der Waals surface area contributed by atoms with Crippen molar-refractivity contribution in [3.8, 4) is 11.4 Å². The Bertz CT molecular complexity index is 1370. The lowest BCUT2D eigenvalue weighted by Gasteiger charge is -2.38. The van der Waals surface area contributed by atoms with Gasteiger partial charge in [0.05, 0.1) is 12.8 Å². The Morgan fingerprint density at radius 2 is 2.15 bits per heavy atom. The number of halogens is 2. The second kappa shape index (κ2) is 8.20. The zero-order valence-corrected chi connectivity index (χ0v) is 18.5. The molecular formula is C24H24ClFN6O. The highest BCUT2D eigenvalue weighted by Crippen LogP contribution is 2.43. The normalized spacial score (nSPS) is 23.8. The van der Waals surface area contributed by atoms with E-state index in [4.69, 9.17) is 26.2 Å². The quantitative estimate of drug-likeness (QED) is 0.529. The van der Waals surface area contributed by atoms with Gasteiger partial charge in [-0.2, -0.15) is 0 Å². The third kappa shape index (κ3) is 3.65. The summed E-state index contributed by atoms with van der Waals surface area (Å²) in [5.41, 5.74) is 10.0. The molecular weight excluding hydrogens is 443 g/mol. The summed E-state index contributed by atoms with van der Waals surface area (Å²) < 4.78 is 44.8. The maximum absolute atomic E-state index is 13.6. The van der Waals surface area contributed by atoms with Crippen molar-refractivity contribution in [1.82, 2.24) is 20.2 Å². The highest BCUT2D eigenvalue weighted by atomic mass is 35.5. The van der Waals surface area contributed by atoms with Crippen molar-refractivity contribution in [3.63, 3.8) is 0 Å². The Morgan fingerprint density at radius 3 is 2.85 bits per heavy atom. The molecule has 0 bridgehead atoms. The van der Waals surface area contributed by atoms with E-state index in [1.165, 1.54) is 19.2 Å². The molecule has 0 fully saturated rings. The Kier molecular flexibility index (Phi) is 4.50. The first-order valence-electron chi connectivity index (χ1n) is 11.9. The third-order valence-corrected chi connectivity index (χ3v) is 6.34. The average Bonchev–Trinajstić information content (AvgIpc) is 3.44. The van der Waals surface area contributed by atoms with Crippen LogP contribution < -0.4 is 21.1 Å². The zero-order chi connectivity index (χ0) is 25.7. The van der Waals surface area contributed by atoms with Crippen molar-refractivity contribution in [3.05, 3.63) is 88.4 Å². The Morgan fingerprint density at radius 1 is 1.33 bits per heavy atom. The molecule has 1 aromatic heterocycles. The van der Waals surface area contributed by atoms with Crippen LogP contribution in [0.1, 0.15) is 34.0 Å². The van der Waals surface area contributed by atoms with Crippen LogP contribution in [0.25, 0.3) is 5.69 Å². The number of nitrogens with zero attached hydrogens (tertiary/aromatic N) is 3. The SMILES string of the molecule is [2H]C([2H])([2H])NC1(c2ccc(-n3cnc(Cl)c3)c(OC)c2)N=C(N)C2=C(N1)C(c1ccc(F)cc1)CC2. The largest absolute Gasteiger partial charge is 0.495 e. The first kappa shape index (κ1) is 18.1. The van der Waals surface area contributed by atoms with Gasteiger partial charge in [0.25, 0.3) is 0 Å². The number of aliphatic imine (C=N–C) groups is 1. The molecule has 0 radical (unpaired) electrons. The van der Waals surface area contributed by atoms with Gasteiger partial charge in [0.2, 0.25) is 5.79 Å². The van der Waals surface area contributed by atoms with Crippen molar-refractivity contribution in [1.29, 1.82) is 0 Å². The minimum absolute atomic E-state index is 0.123. The monoisotopic (exact) mass is 469 g/mol. The average molecular weight is 470 g/mol. The Balaban J connectivity index is 1.60. The first-order chi connectivity index (χ1) is 17.1. The van der Waals surface area contributed by atoms with Crippen molar-refractivity contribution >= 4 is 17.4 Å². The van der Waals surface area contributed by atoms with Gasteiger partial charge >= 0.3 is 0 Å². The number of allylic oxidation sites excluding steroid dienone is 1. The number of aromatic nitrogens is 2. The number of hydrogen-bond acceptors (Lipinski definition) is 6. The van der Waals surface area contributed by atoms with Crippen LogP contribution in [0.4, 0.5) is 4.39 Å². The van der Waals surface area contributed by atoms with Crippen LogP contribution in [0.3, 0.4) is 0 Å². The molecule has 0 saturated heterocycles. The fraction of sp³-hybridized carbons (Fsp3) is 0.250. The minimum Gasteiger partial charge on any atom is -0.495 e. The number of amidine groups is 1. The standard InChI is InChI=1S/C24H24ClFN6O/c1-28-24(15-5-10-19(20(11-15)33-2)32-12-21(25)29-13-32)30-22-17(8-9-18(22)23(27)31-24)14-3-6-16(26)7-4-14/h3-7,10-13,17,28,30H,8-9H2,1-2H3,(H2,27,31)/i1D3. The molecule has 0 saturated carbocycles. The van der Waals surface area contributed by atoms with Crippen molar-refractivity contribution in [2.75, 3.05) is 14.1 Å². The lowest BCUT2D eigenvalue weighted by molar-refractivity contribution is 0.309. The molecule has 2 unspecified atom stereocenters. The topological polar surface area (TPSA) is 89.5 Å². The third-order valence-electron chi connectivity index (χ3n) is 6.15. The fourth-order valence-electron chi connectivity index (χ4n) is 4.52. The summed E-state index contributed by atoms with van der Waals surface area (Å²) in [4.78, 5) is 8.67. The number of imidazole rings is 1. The molecule has 4 N–H and O–H groups in total. The van der Waals surface area contributed by atoms with Gasteiger partial charge < -0.3 is 20.4 Å². The van der Waals surface area contributed by atoms with Crippen LogP contribution in [0.5, 0.6) is 5.75 Å². The number of methoxy groups -OCH3 is 1. The molecule has 170 valence electrons.